The lowest BCUT2D eigenvalue weighted by Crippen LogP contribution is -2.52. The van der Waals surface area contributed by atoms with Gasteiger partial charge >= 0.3 is 0 Å². The van der Waals surface area contributed by atoms with Gasteiger partial charge in [0.2, 0.25) is 15.9 Å². The molecule has 0 saturated carbocycles. The molecule has 7 heteroatoms. The summed E-state index contributed by atoms with van der Waals surface area (Å²) in [6.07, 6.45) is 2.15. The smallest absolute Gasteiger partial charge is 0.229 e. The van der Waals surface area contributed by atoms with Crippen molar-refractivity contribution >= 4 is 15.9 Å². The SMILES string of the molecule is CC1CCCN(C(=O)C(C)(C)CS(=O)(=O)N2CCNCC2)C1. The third-order valence-electron chi connectivity index (χ3n) is 4.54. The molecule has 0 bridgehead atoms. The molecule has 6 nitrogen and oxygen atoms in total. The topological polar surface area (TPSA) is 69.7 Å². The Morgan fingerprint density at radius 2 is 1.86 bits per heavy atom. The highest BCUT2D eigenvalue weighted by atomic mass is 32.2. The van der Waals surface area contributed by atoms with Crippen LogP contribution in [0.3, 0.4) is 0 Å². The number of piperazine rings is 1. The molecule has 1 atom stereocenters. The normalized spacial score (nSPS) is 25.2. The predicted octanol–water partition coefficient (Wildman–Crippen LogP) is 0.506. The van der Waals surface area contributed by atoms with E-state index in [1.165, 1.54) is 4.31 Å². The zero-order valence-corrected chi connectivity index (χ0v) is 14.8. The largest absolute Gasteiger partial charge is 0.342 e. The van der Waals surface area contributed by atoms with E-state index in [0.29, 0.717) is 32.1 Å². The number of piperidine rings is 1. The molecule has 22 heavy (non-hydrogen) atoms. The Labute approximate surface area is 134 Å². The predicted molar refractivity (Wildman–Crippen MR) is 87.0 cm³/mol. The molecule has 1 amide bonds. The molecule has 0 spiro atoms. The van der Waals surface area contributed by atoms with Crippen molar-refractivity contribution in [1.29, 1.82) is 0 Å². The first-order valence-corrected chi connectivity index (χ1v) is 9.81. The maximum Gasteiger partial charge on any atom is 0.229 e. The van der Waals surface area contributed by atoms with Crippen LogP contribution in [0.25, 0.3) is 0 Å². The van der Waals surface area contributed by atoms with Crippen LogP contribution in [-0.4, -0.2) is 68.6 Å². The lowest BCUT2D eigenvalue weighted by Gasteiger charge is -2.37. The molecule has 128 valence electrons. The van der Waals surface area contributed by atoms with Crippen LogP contribution in [-0.2, 0) is 14.8 Å². The van der Waals surface area contributed by atoms with Crippen molar-refractivity contribution in [1.82, 2.24) is 14.5 Å². The molecule has 2 saturated heterocycles. The molecular formula is C15H29N3O3S. The summed E-state index contributed by atoms with van der Waals surface area (Å²) in [6.45, 7) is 9.50. The molecule has 1 N–H and O–H groups in total. The molecule has 0 aromatic carbocycles. The maximum atomic E-state index is 12.8. The molecule has 0 radical (unpaired) electrons. The number of sulfonamides is 1. The zero-order valence-electron chi connectivity index (χ0n) is 14.0. The fourth-order valence-corrected chi connectivity index (χ4v) is 5.29. The maximum absolute atomic E-state index is 12.8. The molecule has 2 aliphatic heterocycles. The summed E-state index contributed by atoms with van der Waals surface area (Å²) in [7, 11) is -3.39. The fraction of sp³-hybridized carbons (Fsp3) is 0.933. The number of amides is 1. The Morgan fingerprint density at radius 3 is 2.45 bits per heavy atom. The van der Waals surface area contributed by atoms with E-state index in [2.05, 4.69) is 12.2 Å². The zero-order chi connectivity index (χ0) is 16.4. The van der Waals surface area contributed by atoms with E-state index in [1.807, 2.05) is 4.90 Å². The fourth-order valence-electron chi connectivity index (χ4n) is 3.33. The molecule has 2 rings (SSSR count). The minimum Gasteiger partial charge on any atom is -0.342 e. The van der Waals surface area contributed by atoms with E-state index in [4.69, 9.17) is 0 Å². The van der Waals surface area contributed by atoms with Crippen molar-refractivity contribution in [2.45, 2.75) is 33.6 Å². The van der Waals surface area contributed by atoms with Crippen molar-refractivity contribution in [3.8, 4) is 0 Å². The van der Waals surface area contributed by atoms with Gasteiger partial charge in [0.05, 0.1) is 11.2 Å². The van der Waals surface area contributed by atoms with Gasteiger partial charge < -0.3 is 10.2 Å². The highest BCUT2D eigenvalue weighted by Gasteiger charge is 2.39. The molecule has 0 aliphatic carbocycles. The molecule has 0 aromatic rings. The van der Waals surface area contributed by atoms with Crippen LogP contribution in [0.4, 0.5) is 0 Å². The van der Waals surface area contributed by atoms with Crippen LogP contribution in [0, 0.1) is 11.3 Å². The number of hydrogen-bond acceptors (Lipinski definition) is 4. The second-order valence-electron chi connectivity index (χ2n) is 7.29. The Bertz CT molecular complexity index is 498. The summed E-state index contributed by atoms with van der Waals surface area (Å²) in [5, 5.41) is 3.15. The van der Waals surface area contributed by atoms with E-state index < -0.39 is 15.4 Å². The molecule has 0 aromatic heterocycles. The lowest BCUT2D eigenvalue weighted by atomic mass is 9.91. The standard InChI is InChI=1S/C15H29N3O3S/c1-13-5-4-8-17(11-13)14(19)15(2,3)12-22(20,21)18-9-6-16-7-10-18/h13,16H,4-12H2,1-3H3. The summed E-state index contributed by atoms with van der Waals surface area (Å²) in [4.78, 5) is 14.6. The van der Waals surface area contributed by atoms with E-state index in [9.17, 15) is 13.2 Å². The van der Waals surface area contributed by atoms with Gasteiger partial charge in [0.15, 0.2) is 0 Å². The third-order valence-corrected chi connectivity index (χ3v) is 6.77. The average Bonchev–Trinajstić information content (AvgIpc) is 2.46. The molecule has 2 heterocycles. The van der Waals surface area contributed by atoms with Crippen LogP contribution in [0.2, 0.25) is 0 Å². The second-order valence-corrected chi connectivity index (χ2v) is 9.26. The summed E-state index contributed by atoms with van der Waals surface area (Å²) in [5.74, 6) is 0.361. The first-order chi connectivity index (χ1) is 10.2. The van der Waals surface area contributed by atoms with Crippen LogP contribution >= 0.6 is 0 Å². The number of nitrogens with zero attached hydrogens (tertiary/aromatic N) is 2. The van der Waals surface area contributed by atoms with Gasteiger partial charge in [-0.3, -0.25) is 4.79 Å². The van der Waals surface area contributed by atoms with Gasteiger partial charge in [-0.05, 0) is 32.6 Å². The molecule has 2 aliphatic rings. The lowest BCUT2D eigenvalue weighted by molar-refractivity contribution is -0.141. The number of likely N-dealkylation sites (tertiary alicyclic amines) is 1. The van der Waals surface area contributed by atoms with Crippen molar-refractivity contribution in [2.75, 3.05) is 45.0 Å². The number of nitrogens with one attached hydrogen (secondary N) is 1. The van der Waals surface area contributed by atoms with Crippen LogP contribution < -0.4 is 5.32 Å². The van der Waals surface area contributed by atoms with Gasteiger partial charge in [0.1, 0.15) is 0 Å². The van der Waals surface area contributed by atoms with Crippen LogP contribution in [0.5, 0.6) is 0 Å². The summed E-state index contributed by atoms with van der Waals surface area (Å²) in [6, 6.07) is 0. The summed E-state index contributed by atoms with van der Waals surface area (Å²) >= 11 is 0. The Kier molecular flexibility index (Phi) is 5.50. The average molecular weight is 331 g/mol. The minimum atomic E-state index is -3.39. The molecular weight excluding hydrogens is 302 g/mol. The second kappa shape index (κ2) is 6.84. The van der Waals surface area contributed by atoms with Crippen molar-refractivity contribution in [3.63, 3.8) is 0 Å². The number of rotatable bonds is 4. The van der Waals surface area contributed by atoms with Gasteiger partial charge in [-0.2, -0.15) is 4.31 Å². The van der Waals surface area contributed by atoms with Gasteiger partial charge in [-0.15, -0.1) is 0 Å². The minimum absolute atomic E-state index is 0.0299. The van der Waals surface area contributed by atoms with E-state index in [1.54, 1.807) is 13.8 Å². The van der Waals surface area contributed by atoms with Crippen molar-refractivity contribution in [3.05, 3.63) is 0 Å². The number of carbonyl (C=O) groups excluding carboxylic acids is 1. The highest BCUT2D eigenvalue weighted by Crippen LogP contribution is 2.26. The van der Waals surface area contributed by atoms with E-state index in [0.717, 1.165) is 25.9 Å². The van der Waals surface area contributed by atoms with Gasteiger partial charge in [0.25, 0.3) is 0 Å². The van der Waals surface area contributed by atoms with Crippen LogP contribution in [0.1, 0.15) is 33.6 Å². The summed E-state index contributed by atoms with van der Waals surface area (Å²) in [5.41, 5.74) is -0.874. The van der Waals surface area contributed by atoms with Gasteiger partial charge in [-0.25, -0.2) is 8.42 Å². The van der Waals surface area contributed by atoms with Gasteiger partial charge in [-0.1, -0.05) is 6.92 Å². The highest BCUT2D eigenvalue weighted by molar-refractivity contribution is 7.89. The van der Waals surface area contributed by atoms with Gasteiger partial charge in [0, 0.05) is 39.3 Å². The summed E-state index contributed by atoms with van der Waals surface area (Å²) < 4.78 is 26.7. The van der Waals surface area contributed by atoms with Crippen molar-refractivity contribution in [2.24, 2.45) is 11.3 Å². The molecule has 2 fully saturated rings. The number of carbonyl (C=O) groups is 1. The monoisotopic (exact) mass is 331 g/mol. The first kappa shape index (κ1) is 17.7. The Balaban J connectivity index is 2.03. The van der Waals surface area contributed by atoms with E-state index in [-0.39, 0.29) is 11.7 Å². The quantitative estimate of drug-likeness (QED) is 0.815. The Morgan fingerprint density at radius 1 is 1.23 bits per heavy atom. The molecule has 1 unspecified atom stereocenters. The first-order valence-electron chi connectivity index (χ1n) is 8.20. The van der Waals surface area contributed by atoms with Crippen LogP contribution in [0.15, 0.2) is 0 Å². The third kappa shape index (κ3) is 4.20. The van der Waals surface area contributed by atoms with E-state index >= 15 is 0 Å². The van der Waals surface area contributed by atoms with Crippen molar-refractivity contribution < 1.29 is 13.2 Å². The number of hydrogen-bond donors (Lipinski definition) is 1. The Hall–Kier alpha value is -0.660.